The van der Waals surface area contributed by atoms with Crippen LogP contribution in [0.2, 0.25) is 0 Å². The molecule has 0 unspecified atom stereocenters. The molecule has 0 heterocycles. The van der Waals surface area contributed by atoms with E-state index in [4.69, 9.17) is 15.9 Å². The van der Waals surface area contributed by atoms with Gasteiger partial charge >= 0.3 is 5.97 Å². The molecule has 1 atom stereocenters. The summed E-state index contributed by atoms with van der Waals surface area (Å²) in [5, 5.41) is 2.74. The smallest absolute Gasteiger partial charge is 0.333 e. The van der Waals surface area contributed by atoms with Gasteiger partial charge in [-0.05, 0) is 6.92 Å². The van der Waals surface area contributed by atoms with E-state index >= 15 is 0 Å². The van der Waals surface area contributed by atoms with Gasteiger partial charge in [-0.25, -0.2) is 4.79 Å². The molecule has 15 heavy (non-hydrogen) atoms. The second-order valence-corrected chi connectivity index (χ2v) is 2.86. The van der Waals surface area contributed by atoms with Crippen LogP contribution in [0.1, 0.15) is 6.92 Å². The number of rotatable bonds is 7. The standard InChI is InChI=1S/C10H13NO4/c1-4-5-14-6-9(11-13)7-15-10(12)8(2)3/h1,9H,2,5-7H2,3H3/t9-/m1/s1. The number of terminal acetylenes is 1. The van der Waals surface area contributed by atoms with Gasteiger partial charge in [-0.3, -0.25) is 0 Å². The predicted molar refractivity (Wildman–Crippen MR) is 55.0 cm³/mol. The van der Waals surface area contributed by atoms with Gasteiger partial charge in [0.1, 0.15) is 19.3 Å². The summed E-state index contributed by atoms with van der Waals surface area (Å²) in [4.78, 5) is 21.2. The maximum Gasteiger partial charge on any atom is 0.333 e. The molecule has 0 aromatic carbocycles. The van der Waals surface area contributed by atoms with E-state index in [0.29, 0.717) is 0 Å². The van der Waals surface area contributed by atoms with Crippen LogP contribution in [-0.4, -0.2) is 31.8 Å². The minimum atomic E-state index is -0.735. The van der Waals surface area contributed by atoms with Crippen molar-refractivity contribution in [3.63, 3.8) is 0 Å². The van der Waals surface area contributed by atoms with Gasteiger partial charge in [-0.2, -0.15) is 4.91 Å². The maximum absolute atomic E-state index is 11.0. The molecule has 0 N–H and O–H groups in total. The SMILES string of the molecule is C#CCOC[C@H](COC(=O)C(=C)C)N=O. The number of hydrogen-bond acceptors (Lipinski definition) is 5. The molecule has 0 amide bonds. The lowest BCUT2D eigenvalue weighted by Gasteiger charge is -2.09. The Morgan fingerprint density at radius 3 is 2.73 bits per heavy atom. The highest BCUT2D eigenvalue weighted by molar-refractivity contribution is 5.86. The van der Waals surface area contributed by atoms with Crippen LogP contribution in [-0.2, 0) is 14.3 Å². The van der Waals surface area contributed by atoms with Crippen molar-refractivity contribution in [3.05, 3.63) is 17.1 Å². The first-order chi connectivity index (χ1) is 7.11. The van der Waals surface area contributed by atoms with Gasteiger partial charge in [0, 0.05) is 5.57 Å². The third-order valence-corrected chi connectivity index (χ3v) is 1.40. The van der Waals surface area contributed by atoms with E-state index in [1.165, 1.54) is 6.92 Å². The van der Waals surface area contributed by atoms with Gasteiger partial charge < -0.3 is 9.47 Å². The van der Waals surface area contributed by atoms with E-state index in [0.717, 1.165) is 0 Å². The van der Waals surface area contributed by atoms with Crippen LogP contribution in [0.15, 0.2) is 17.3 Å². The van der Waals surface area contributed by atoms with Gasteiger partial charge in [0.15, 0.2) is 0 Å². The van der Waals surface area contributed by atoms with Crippen LogP contribution < -0.4 is 0 Å². The van der Waals surface area contributed by atoms with Crippen molar-refractivity contribution in [2.24, 2.45) is 5.18 Å². The number of nitrogens with zero attached hydrogens (tertiary/aromatic N) is 1. The molecule has 0 saturated heterocycles. The summed E-state index contributed by atoms with van der Waals surface area (Å²) in [5.74, 6) is 1.69. The average molecular weight is 211 g/mol. The van der Waals surface area contributed by atoms with Crippen LogP contribution in [0.5, 0.6) is 0 Å². The lowest BCUT2D eigenvalue weighted by atomic mass is 10.3. The first-order valence-corrected chi connectivity index (χ1v) is 4.28. The second kappa shape index (κ2) is 7.71. The number of nitroso groups, excluding NO2 is 1. The lowest BCUT2D eigenvalue weighted by molar-refractivity contribution is -0.139. The number of carbonyl (C=O) groups is 1. The summed E-state index contributed by atoms with van der Waals surface area (Å²) in [6, 6.07) is -0.735. The highest BCUT2D eigenvalue weighted by Gasteiger charge is 2.12. The third-order valence-electron chi connectivity index (χ3n) is 1.40. The minimum Gasteiger partial charge on any atom is -0.460 e. The fraction of sp³-hybridized carbons (Fsp3) is 0.500. The molecule has 0 aromatic heterocycles. The summed E-state index contributed by atoms with van der Waals surface area (Å²) >= 11 is 0. The zero-order valence-corrected chi connectivity index (χ0v) is 8.56. The number of carbonyl (C=O) groups excluding carboxylic acids is 1. The Hall–Kier alpha value is -1.67. The fourth-order valence-corrected chi connectivity index (χ4v) is 0.658. The van der Waals surface area contributed by atoms with Gasteiger partial charge in [-0.1, -0.05) is 17.7 Å². The molecule has 0 aromatic rings. The molecular formula is C10H13NO4. The second-order valence-electron chi connectivity index (χ2n) is 2.86. The van der Waals surface area contributed by atoms with E-state index in [1.807, 2.05) is 0 Å². The molecule has 0 aliphatic rings. The van der Waals surface area contributed by atoms with Crippen molar-refractivity contribution >= 4 is 5.97 Å². The maximum atomic E-state index is 11.0. The summed E-state index contributed by atoms with van der Waals surface area (Å²) in [6.07, 6.45) is 4.94. The quantitative estimate of drug-likeness (QED) is 0.206. The fourth-order valence-electron chi connectivity index (χ4n) is 0.658. The largest absolute Gasteiger partial charge is 0.460 e. The average Bonchev–Trinajstić information content (AvgIpc) is 2.22. The van der Waals surface area contributed by atoms with Crippen molar-refractivity contribution in [2.45, 2.75) is 13.0 Å². The Bertz CT molecular complexity index is 280. The van der Waals surface area contributed by atoms with Crippen LogP contribution in [0.4, 0.5) is 0 Å². The first kappa shape index (κ1) is 13.3. The summed E-state index contributed by atoms with van der Waals surface area (Å²) < 4.78 is 9.61. The van der Waals surface area contributed by atoms with E-state index in [-0.39, 0.29) is 25.4 Å². The topological polar surface area (TPSA) is 65.0 Å². The van der Waals surface area contributed by atoms with Gasteiger partial charge in [-0.15, -0.1) is 6.42 Å². The molecule has 0 rings (SSSR count). The van der Waals surface area contributed by atoms with Gasteiger partial charge in [0.2, 0.25) is 0 Å². The lowest BCUT2D eigenvalue weighted by Crippen LogP contribution is -2.22. The van der Waals surface area contributed by atoms with Gasteiger partial charge in [0.05, 0.1) is 6.61 Å². The highest BCUT2D eigenvalue weighted by Crippen LogP contribution is 1.98. The van der Waals surface area contributed by atoms with Crippen molar-refractivity contribution in [1.82, 2.24) is 0 Å². The Morgan fingerprint density at radius 1 is 1.60 bits per heavy atom. The van der Waals surface area contributed by atoms with Crippen molar-refractivity contribution in [1.29, 1.82) is 0 Å². The number of hydrogen-bond donors (Lipinski definition) is 0. The van der Waals surface area contributed by atoms with Crippen molar-refractivity contribution in [3.8, 4) is 12.3 Å². The zero-order valence-electron chi connectivity index (χ0n) is 8.56. The molecule has 0 bridgehead atoms. The summed E-state index contributed by atoms with van der Waals surface area (Å²) in [6.45, 7) is 4.92. The van der Waals surface area contributed by atoms with Gasteiger partial charge in [0.25, 0.3) is 0 Å². The highest BCUT2D eigenvalue weighted by atomic mass is 16.5. The Labute approximate surface area is 88.4 Å². The summed E-state index contributed by atoms with van der Waals surface area (Å²) in [5.41, 5.74) is 0.268. The zero-order chi connectivity index (χ0) is 11.7. The predicted octanol–water partition coefficient (Wildman–Crippen LogP) is 0.890. The molecule has 0 fully saturated rings. The normalized spacial score (nSPS) is 11.2. The Kier molecular flexibility index (Phi) is 6.85. The third kappa shape index (κ3) is 6.41. The molecule has 0 radical (unpaired) electrons. The number of esters is 1. The Morgan fingerprint density at radius 2 is 2.27 bits per heavy atom. The monoisotopic (exact) mass is 211 g/mol. The number of ether oxygens (including phenoxy) is 2. The van der Waals surface area contributed by atoms with E-state index in [9.17, 15) is 9.70 Å². The molecule has 0 aliphatic carbocycles. The molecule has 0 spiro atoms. The molecule has 82 valence electrons. The van der Waals surface area contributed by atoms with Crippen LogP contribution in [0.3, 0.4) is 0 Å². The van der Waals surface area contributed by atoms with E-state index < -0.39 is 12.0 Å². The molecule has 5 heteroatoms. The molecule has 0 saturated carbocycles. The van der Waals surface area contributed by atoms with Crippen LogP contribution >= 0.6 is 0 Å². The van der Waals surface area contributed by atoms with Crippen LogP contribution in [0.25, 0.3) is 0 Å². The van der Waals surface area contributed by atoms with Crippen LogP contribution in [0, 0.1) is 17.3 Å². The van der Waals surface area contributed by atoms with E-state index in [1.54, 1.807) is 0 Å². The first-order valence-electron chi connectivity index (χ1n) is 4.28. The molecule has 0 aliphatic heterocycles. The minimum absolute atomic E-state index is 0.0389. The summed E-state index contributed by atoms with van der Waals surface area (Å²) in [7, 11) is 0. The molecular weight excluding hydrogens is 198 g/mol. The van der Waals surface area contributed by atoms with Crippen molar-refractivity contribution in [2.75, 3.05) is 19.8 Å². The van der Waals surface area contributed by atoms with Crippen molar-refractivity contribution < 1.29 is 14.3 Å². The van der Waals surface area contributed by atoms with E-state index in [2.05, 4.69) is 17.7 Å². The molecule has 5 nitrogen and oxygen atoms in total. The Balaban J connectivity index is 3.80.